The lowest BCUT2D eigenvalue weighted by Gasteiger charge is -2.18. The van der Waals surface area contributed by atoms with E-state index in [1.807, 2.05) is 134 Å². The van der Waals surface area contributed by atoms with Crippen molar-refractivity contribution in [3.05, 3.63) is 188 Å². The highest BCUT2D eigenvalue weighted by Crippen LogP contribution is 2.23. The van der Waals surface area contributed by atoms with Crippen molar-refractivity contribution in [2.45, 2.75) is 19.5 Å². The summed E-state index contributed by atoms with van der Waals surface area (Å²) in [6.45, 7) is 12.9. The topological polar surface area (TPSA) is 87.3 Å². The van der Waals surface area contributed by atoms with Gasteiger partial charge in [0.2, 0.25) is 17.7 Å². The fraction of sp³-hybridized carbons (Fsp3) is 0.0750. The van der Waals surface area contributed by atoms with Crippen molar-refractivity contribution in [2.24, 2.45) is 0 Å². The Morgan fingerprint density at radius 2 is 1.13 bits per heavy atom. The Balaban J connectivity index is 0.000000191. The first kappa shape index (κ1) is 34.5. The van der Waals surface area contributed by atoms with Gasteiger partial charge in [-0.25, -0.2) is 0 Å². The first-order valence-electron chi connectivity index (χ1n) is 14.7. The zero-order valence-corrected chi connectivity index (χ0v) is 26.0. The summed E-state index contributed by atoms with van der Waals surface area (Å²) < 4.78 is 0. The molecular formula is C40H39N3O3. The van der Waals surface area contributed by atoms with E-state index in [1.54, 1.807) is 0 Å². The molecule has 0 aliphatic rings. The van der Waals surface area contributed by atoms with E-state index in [0.29, 0.717) is 6.54 Å². The van der Waals surface area contributed by atoms with Crippen molar-refractivity contribution in [3.8, 4) is 0 Å². The van der Waals surface area contributed by atoms with Crippen LogP contribution in [0.2, 0.25) is 0 Å². The van der Waals surface area contributed by atoms with E-state index in [4.69, 9.17) is 0 Å². The summed E-state index contributed by atoms with van der Waals surface area (Å²) in [7, 11) is 0. The molecule has 0 aromatic heterocycles. The third-order valence-electron chi connectivity index (χ3n) is 6.74. The van der Waals surface area contributed by atoms with E-state index in [2.05, 4.69) is 35.7 Å². The van der Waals surface area contributed by atoms with Crippen molar-refractivity contribution < 1.29 is 14.4 Å². The molecule has 46 heavy (non-hydrogen) atoms. The number of nitrogens with one attached hydrogen (secondary N) is 3. The summed E-state index contributed by atoms with van der Waals surface area (Å²) in [5.74, 6) is -0.500. The molecule has 0 saturated carbocycles. The SMILES string of the molecule is C=CC(=O)NC(c1ccccc1)c1ccccc1.C=CC(=O)NCc1ccc(C)cc1.C=CC(=O)Nc1cccc2ccccc12. The number of fused-ring (bicyclic) bond motifs is 1. The average Bonchev–Trinajstić information content (AvgIpc) is 3.11. The molecular weight excluding hydrogens is 570 g/mol. The fourth-order valence-corrected chi connectivity index (χ4v) is 4.34. The third kappa shape index (κ3) is 11.2. The summed E-state index contributed by atoms with van der Waals surface area (Å²) in [6, 6.07) is 41.4. The lowest BCUT2D eigenvalue weighted by Crippen LogP contribution is -2.27. The number of aryl methyl sites for hydroxylation is 1. The minimum atomic E-state index is -0.189. The number of benzene rings is 5. The van der Waals surface area contributed by atoms with Crippen LogP contribution in [0.5, 0.6) is 0 Å². The van der Waals surface area contributed by atoms with Crippen LogP contribution in [0.15, 0.2) is 165 Å². The predicted octanol–water partition coefficient (Wildman–Crippen LogP) is 7.84. The first-order chi connectivity index (χ1) is 22.3. The number of anilines is 1. The molecule has 0 saturated heterocycles. The number of carbonyl (C=O) groups excluding carboxylic acids is 3. The standard InChI is InChI=1S/C16H15NO.C13H11NO.C11H13NO/c1-2-15(18)17-16(13-9-5-3-6-10-13)14-11-7-4-8-12-14;1-2-13(15)14-12-9-5-7-10-6-3-4-8-11(10)12;1-3-11(13)12-8-10-6-4-9(2)5-7-10/h2-12,16H,1H2,(H,17,18);2-9H,1H2,(H,14,15);3-7H,1,8H2,2H3,(H,12,13). The lowest BCUT2D eigenvalue weighted by atomic mass is 9.99. The van der Waals surface area contributed by atoms with E-state index >= 15 is 0 Å². The molecule has 3 N–H and O–H groups in total. The molecule has 3 amide bonds. The van der Waals surface area contributed by atoms with Crippen LogP contribution < -0.4 is 16.0 Å². The normalized spacial score (nSPS) is 9.78. The highest BCUT2D eigenvalue weighted by Gasteiger charge is 2.14. The van der Waals surface area contributed by atoms with Gasteiger partial charge in [-0.2, -0.15) is 0 Å². The molecule has 6 heteroatoms. The van der Waals surface area contributed by atoms with Crippen LogP contribution in [0.3, 0.4) is 0 Å². The molecule has 0 aliphatic carbocycles. The summed E-state index contributed by atoms with van der Waals surface area (Å²) in [5.41, 5.74) is 5.25. The van der Waals surface area contributed by atoms with Crippen molar-refractivity contribution in [2.75, 3.05) is 5.32 Å². The Morgan fingerprint density at radius 1 is 0.609 bits per heavy atom. The fourth-order valence-electron chi connectivity index (χ4n) is 4.34. The molecule has 0 heterocycles. The monoisotopic (exact) mass is 609 g/mol. The van der Waals surface area contributed by atoms with Gasteiger partial charge in [-0.15, -0.1) is 0 Å². The molecule has 0 unspecified atom stereocenters. The van der Waals surface area contributed by atoms with Gasteiger partial charge >= 0.3 is 0 Å². The van der Waals surface area contributed by atoms with Gasteiger partial charge in [0.25, 0.3) is 0 Å². The highest BCUT2D eigenvalue weighted by atomic mass is 16.2. The predicted molar refractivity (Wildman–Crippen MR) is 189 cm³/mol. The van der Waals surface area contributed by atoms with E-state index in [-0.39, 0.29) is 23.8 Å². The molecule has 0 fully saturated rings. The maximum Gasteiger partial charge on any atom is 0.247 e. The van der Waals surface area contributed by atoms with E-state index in [0.717, 1.165) is 33.2 Å². The summed E-state index contributed by atoms with van der Waals surface area (Å²) in [6.07, 6.45) is 3.83. The molecule has 5 aromatic rings. The minimum Gasteiger partial charge on any atom is -0.348 e. The molecule has 232 valence electrons. The molecule has 0 atom stereocenters. The first-order valence-corrected chi connectivity index (χ1v) is 14.7. The zero-order valence-electron chi connectivity index (χ0n) is 26.0. The second kappa shape index (κ2) is 18.6. The Bertz CT molecular complexity index is 1700. The van der Waals surface area contributed by atoms with Crippen LogP contribution in [-0.4, -0.2) is 17.7 Å². The summed E-state index contributed by atoms with van der Waals surface area (Å²) in [4.78, 5) is 33.6. The van der Waals surface area contributed by atoms with Gasteiger partial charge in [0.15, 0.2) is 0 Å². The minimum absolute atomic E-state index is 0.138. The number of rotatable bonds is 9. The van der Waals surface area contributed by atoms with Gasteiger partial charge in [0.05, 0.1) is 6.04 Å². The van der Waals surface area contributed by atoms with Crippen molar-refractivity contribution in [1.29, 1.82) is 0 Å². The lowest BCUT2D eigenvalue weighted by molar-refractivity contribution is -0.117. The van der Waals surface area contributed by atoms with E-state index in [9.17, 15) is 14.4 Å². The average molecular weight is 610 g/mol. The van der Waals surface area contributed by atoms with Crippen molar-refractivity contribution in [1.82, 2.24) is 10.6 Å². The highest BCUT2D eigenvalue weighted by molar-refractivity contribution is 6.05. The number of amides is 3. The molecule has 6 nitrogen and oxygen atoms in total. The van der Waals surface area contributed by atoms with Crippen LogP contribution >= 0.6 is 0 Å². The Morgan fingerprint density at radius 3 is 1.70 bits per heavy atom. The van der Waals surface area contributed by atoms with Gasteiger partial charge in [-0.1, -0.05) is 147 Å². The van der Waals surface area contributed by atoms with Crippen LogP contribution in [0.4, 0.5) is 5.69 Å². The number of hydrogen-bond acceptors (Lipinski definition) is 3. The van der Waals surface area contributed by atoms with Gasteiger partial charge in [-0.05, 0) is 53.3 Å². The maximum atomic E-state index is 11.5. The summed E-state index contributed by atoms with van der Waals surface area (Å²) >= 11 is 0. The molecule has 5 aromatic carbocycles. The maximum absolute atomic E-state index is 11.5. The van der Waals surface area contributed by atoms with E-state index < -0.39 is 0 Å². The van der Waals surface area contributed by atoms with Gasteiger partial charge < -0.3 is 16.0 Å². The van der Waals surface area contributed by atoms with Crippen molar-refractivity contribution in [3.63, 3.8) is 0 Å². The number of hydrogen-bond donors (Lipinski definition) is 3. The largest absolute Gasteiger partial charge is 0.348 e. The quantitative estimate of drug-likeness (QED) is 0.149. The molecule has 5 rings (SSSR count). The molecule has 0 spiro atoms. The second-order valence-electron chi connectivity index (χ2n) is 10.1. The number of carbonyl (C=O) groups is 3. The van der Waals surface area contributed by atoms with Gasteiger partial charge in [0, 0.05) is 17.6 Å². The Kier molecular flexibility index (Phi) is 13.9. The molecule has 0 bridgehead atoms. The Hall–Kier alpha value is -6.01. The van der Waals surface area contributed by atoms with Crippen molar-refractivity contribution >= 4 is 34.2 Å². The molecule has 0 radical (unpaired) electrons. The van der Waals surface area contributed by atoms with Crippen LogP contribution in [-0.2, 0) is 20.9 Å². The zero-order chi connectivity index (χ0) is 33.1. The summed E-state index contributed by atoms with van der Waals surface area (Å²) in [5, 5.41) is 10.6. The van der Waals surface area contributed by atoms with Gasteiger partial charge in [0.1, 0.15) is 0 Å². The second-order valence-corrected chi connectivity index (χ2v) is 10.1. The van der Waals surface area contributed by atoms with Crippen LogP contribution in [0.1, 0.15) is 28.3 Å². The van der Waals surface area contributed by atoms with E-state index in [1.165, 1.54) is 23.8 Å². The molecule has 0 aliphatic heterocycles. The van der Waals surface area contributed by atoms with Gasteiger partial charge in [-0.3, -0.25) is 14.4 Å². The third-order valence-corrected chi connectivity index (χ3v) is 6.74. The smallest absolute Gasteiger partial charge is 0.247 e. The Labute approximate surface area is 271 Å². The van der Waals surface area contributed by atoms with Crippen LogP contribution in [0, 0.1) is 6.92 Å². The van der Waals surface area contributed by atoms with Crippen LogP contribution in [0.25, 0.3) is 10.8 Å².